The molecule has 7 nitrogen and oxygen atoms in total. The van der Waals surface area contributed by atoms with Crippen molar-refractivity contribution in [3.05, 3.63) is 77.0 Å². The molecule has 5 rings (SSSR count). The molecule has 0 N–H and O–H groups in total. The van der Waals surface area contributed by atoms with Crippen molar-refractivity contribution in [3.8, 4) is 22.8 Å². The van der Waals surface area contributed by atoms with E-state index in [1.807, 2.05) is 36.4 Å². The molecule has 132 valence electrons. The maximum Gasteiger partial charge on any atom is 0.293 e. The van der Waals surface area contributed by atoms with E-state index in [0.29, 0.717) is 34.6 Å². The molecule has 4 heterocycles. The molecule has 0 saturated carbocycles. The van der Waals surface area contributed by atoms with Crippen molar-refractivity contribution in [2.45, 2.75) is 6.54 Å². The minimum atomic E-state index is -0.230. The van der Waals surface area contributed by atoms with E-state index in [1.54, 1.807) is 24.7 Å². The monoisotopic (exact) mass is 358 g/mol. The maximum absolute atomic E-state index is 12.9. The number of benzene rings is 1. The molecule has 4 aromatic rings. The van der Waals surface area contributed by atoms with Gasteiger partial charge in [-0.3, -0.25) is 14.8 Å². The van der Waals surface area contributed by atoms with Gasteiger partial charge in [-0.25, -0.2) is 4.68 Å². The Morgan fingerprint density at radius 3 is 2.74 bits per heavy atom. The van der Waals surface area contributed by atoms with Crippen molar-refractivity contribution < 1.29 is 9.47 Å². The molecule has 7 heteroatoms. The molecule has 27 heavy (non-hydrogen) atoms. The molecule has 0 unspecified atom stereocenters. The van der Waals surface area contributed by atoms with Crippen molar-refractivity contribution >= 4 is 10.9 Å². The summed E-state index contributed by atoms with van der Waals surface area (Å²) in [4.78, 5) is 21.2. The Bertz CT molecular complexity index is 1200. The second-order valence-corrected chi connectivity index (χ2v) is 6.13. The fraction of sp³-hybridized carbons (Fsp3) is 0.100. The van der Waals surface area contributed by atoms with Crippen molar-refractivity contribution in [3.63, 3.8) is 0 Å². The molecule has 0 radical (unpaired) electrons. The van der Waals surface area contributed by atoms with Crippen LogP contribution in [0.3, 0.4) is 0 Å². The summed E-state index contributed by atoms with van der Waals surface area (Å²) in [6, 6.07) is 13.0. The van der Waals surface area contributed by atoms with Crippen LogP contribution in [-0.2, 0) is 6.54 Å². The van der Waals surface area contributed by atoms with Gasteiger partial charge in [0.25, 0.3) is 5.56 Å². The second kappa shape index (κ2) is 6.21. The summed E-state index contributed by atoms with van der Waals surface area (Å²) < 4.78 is 12.3. The fourth-order valence-corrected chi connectivity index (χ4v) is 3.13. The van der Waals surface area contributed by atoms with Gasteiger partial charge in [0, 0.05) is 29.5 Å². The molecule has 0 atom stereocenters. The predicted octanol–water partition coefficient (Wildman–Crippen LogP) is 2.63. The topological polar surface area (TPSA) is 79.1 Å². The Balaban J connectivity index is 1.71. The van der Waals surface area contributed by atoms with E-state index in [0.717, 1.165) is 11.1 Å². The third kappa shape index (κ3) is 2.69. The lowest BCUT2D eigenvalue weighted by Crippen LogP contribution is -2.25. The van der Waals surface area contributed by atoms with Crippen molar-refractivity contribution in [2.75, 3.05) is 6.79 Å². The number of ether oxygens (including phenoxy) is 2. The van der Waals surface area contributed by atoms with E-state index in [2.05, 4.69) is 15.1 Å². The minimum Gasteiger partial charge on any atom is -0.454 e. The van der Waals surface area contributed by atoms with Gasteiger partial charge in [-0.1, -0.05) is 0 Å². The SMILES string of the molecule is O=c1c2ncccc2c(-c2ccc3c(c2)OCO3)nn1Cc1ccncc1. The molecule has 0 amide bonds. The number of rotatable bonds is 3. The molecule has 0 saturated heterocycles. The number of aromatic nitrogens is 4. The highest BCUT2D eigenvalue weighted by Crippen LogP contribution is 2.36. The van der Waals surface area contributed by atoms with Gasteiger partial charge in [0.1, 0.15) is 11.2 Å². The molecule has 1 aliphatic heterocycles. The van der Waals surface area contributed by atoms with Gasteiger partial charge in [-0.05, 0) is 48.0 Å². The Labute approximate surface area is 153 Å². The van der Waals surface area contributed by atoms with Crippen LogP contribution in [0.15, 0.2) is 65.8 Å². The van der Waals surface area contributed by atoms with Gasteiger partial charge in [0.2, 0.25) is 6.79 Å². The number of fused-ring (bicyclic) bond motifs is 2. The van der Waals surface area contributed by atoms with Crippen LogP contribution < -0.4 is 15.0 Å². The zero-order valence-corrected chi connectivity index (χ0v) is 14.2. The summed E-state index contributed by atoms with van der Waals surface area (Å²) in [6.07, 6.45) is 5.00. The van der Waals surface area contributed by atoms with Crippen LogP contribution in [0, 0.1) is 0 Å². The van der Waals surface area contributed by atoms with Gasteiger partial charge >= 0.3 is 0 Å². The highest BCUT2D eigenvalue weighted by atomic mass is 16.7. The number of hydrogen-bond donors (Lipinski definition) is 0. The Morgan fingerprint density at radius 1 is 1.00 bits per heavy atom. The van der Waals surface area contributed by atoms with Crippen LogP contribution in [0.5, 0.6) is 11.5 Å². The van der Waals surface area contributed by atoms with E-state index >= 15 is 0 Å². The molecule has 0 bridgehead atoms. The van der Waals surface area contributed by atoms with Gasteiger partial charge < -0.3 is 9.47 Å². The lowest BCUT2D eigenvalue weighted by atomic mass is 10.1. The van der Waals surface area contributed by atoms with Crippen LogP contribution in [0.1, 0.15) is 5.56 Å². The molecule has 0 spiro atoms. The first-order valence-electron chi connectivity index (χ1n) is 8.44. The molecular formula is C20H14N4O3. The summed E-state index contributed by atoms with van der Waals surface area (Å²) in [5, 5.41) is 5.34. The standard InChI is InChI=1S/C20H14N4O3/c25-20-19-15(2-1-7-22-19)18(14-3-4-16-17(10-14)27-12-26-16)23-24(20)11-13-5-8-21-9-6-13/h1-10H,11-12H2. The van der Waals surface area contributed by atoms with Crippen LogP contribution in [0.25, 0.3) is 22.2 Å². The van der Waals surface area contributed by atoms with Crippen LogP contribution in [0.4, 0.5) is 0 Å². The third-order valence-electron chi connectivity index (χ3n) is 4.45. The van der Waals surface area contributed by atoms with Crippen LogP contribution in [-0.4, -0.2) is 26.5 Å². The van der Waals surface area contributed by atoms with E-state index in [-0.39, 0.29) is 12.4 Å². The first-order valence-corrected chi connectivity index (χ1v) is 8.44. The lowest BCUT2D eigenvalue weighted by Gasteiger charge is -2.11. The van der Waals surface area contributed by atoms with Crippen molar-refractivity contribution in [1.82, 2.24) is 19.7 Å². The fourth-order valence-electron chi connectivity index (χ4n) is 3.13. The zero-order chi connectivity index (χ0) is 18.2. The van der Waals surface area contributed by atoms with Crippen LogP contribution >= 0.6 is 0 Å². The molecular weight excluding hydrogens is 344 g/mol. The smallest absolute Gasteiger partial charge is 0.293 e. The summed E-state index contributed by atoms with van der Waals surface area (Å²) in [6.45, 7) is 0.543. The predicted molar refractivity (Wildman–Crippen MR) is 98.7 cm³/mol. The molecule has 1 aliphatic rings. The van der Waals surface area contributed by atoms with Gasteiger partial charge in [0.05, 0.1) is 6.54 Å². The summed E-state index contributed by atoms with van der Waals surface area (Å²) in [5.41, 5.74) is 2.60. The summed E-state index contributed by atoms with van der Waals surface area (Å²) >= 11 is 0. The normalized spacial score (nSPS) is 12.4. The van der Waals surface area contributed by atoms with E-state index in [9.17, 15) is 4.79 Å². The molecule has 0 fully saturated rings. The number of pyridine rings is 2. The second-order valence-electron chi connectivity index (χ2n) is 6.13. The molecule has 3 aromatic heterocycles. The van der Waals surface area contributed by atoms with Gasteiger partial charge in [0.15, 0.2) is 11.5 Å². The summed E-state index contributed by atoms with van der Waals surface area (Å²) in [5.74, 6) is 1.37. The quantitative estimate of drug-likeness (QED) is 0.560. The van der Waals surface area contributed by atoms with Gasteiger partial charge in [-0.2, -0.15) is 5.10 Å². The Hall–Kier alpha value is -3.74. The average molecular weight is 358 g/mol. The third-order valence-corrected chi connectivity index (χ3v) is 4.45. The Kier molecular flexibility index (Phi) is 3.57. The minimum absolute atomic E-state index is 0.204. The first-order chi connectivity index (χ1) is 13.3. The highest BCUT2D eigenvalue weighted by Gasteiger charge is 2.18. The largest absolute Gasteiger partial charge is 0.454 e. The lowest BCUT2D eigenvalue weighted by molar-refractivity contribution is 0.174. The van der Waals surface area contributed by atoms with E-state index < -0.39 is 0 Å². The van der Waals surface area contributed by atoms with E-state index in [1.165, 1.54) is 4.68 Å². The number of nitrogens with zero attached hydrogens (tertiary/aromatic N) is 4. The highest BCUT2D eigenvalue weighted by molar-refractivity contribution is 5.91. The zero-order valence-electron chi connectivity index (χ0n) is 14.2. The Morgan fingerprint density at radius 2 is 1.85 bits per heavy atom. The number of hydrogen-bond acceptors (Lipinski definition) is 6. The van der Waals surface area contributed by atoms with Crippen molar-refractivity contribution in [1.29, 1.82) is 0 Å². The van der Waals surface area contributed by atoms with E-state index in [4.69, 9.17) is 9.47 Å². The molecule has 1 aromatic carbocycles. The summed E-state index contributed by atoms with van der Waals surface area (Å²) in [7, 11) is 0. The average Bonchev–Trinajstić information content (AvgIpc) is 3.19. The molecule has 0 aliphatic carbocycles. The van der Waals surface area contributed by atoms with Gasteiger partial charge in [-0.15, -0.1) is 0 Å². The van der Waals surface area contributed by atoms with Crippen molar-refractivity contribution in [2.24, 2.45) is 0 Å². The maximum atomic E-state index is 12.9. The first kappa shape index (κ1) is 15.5. The van der Waals surface area contributed by atoms with Crippen LogP contribution in [0.2, 0.25) is 0 Å².